The van der Waals surface area contributed by atoms with E-state index in [0.29, 0.717) is 25.2 Å². The first-order chi connectivity index (χ1) is 14.7. The number of thioether (sulfide) groups is 1. The van der Waals surface area contributed by atoms with Crippen molar-refractivity contribution in [3.8, 4) is 0 Å². The number of amides is 3. The summed E-state index contributed by atoms with van der Waals surface area (Å²) in [7, 11) is 0. The summed E-state index contributed by atoms with van der Waals surface area (Å²) in [4.78, 5) is 32.2. The molecule has 3 heterocycles. The molecule has 0 saturated heterocycles. The van der Waals surface area contributed by atoms with E-state index in [1.165, 1.54) is 4.88 Å². The Kier molecular flexibility index (Phi) is 6.66. The molecule has 0 saturated carbocycles. The van der Waals surface area contributed by atoms with Gasteiger partial charge in [0, 0.05) is 35.6 Å². The van der Waals surface area contributed by atoms with Gasteiger partial charge in [-0.3, -0.25) is 9.69 Å². The molecule has 4 rings (SSSR count). The highest BCUT2D eigenvalue weighted by molar-refractivity contribution is 7.99. The molecule has 154 valence electrons. The molecule has 0 fully saturated rings. The van der Waals surface area contributed by atoms with Gasteiger partial charge in [0.25, 0.3) is 0 Å². The van der Waals surface area contributed by atoms with Crippen LogP contribution < -0.4 is 15.5 Å². The maximum absolute atomic E-state index is 12.7. The summed E-state index contributed by atoms with van der Waals surface area (Å²) < 4.78 is 0. The number of nitrogens with one attached hydrogen (secondary N) is 2. The van der Waals surface area contributed by atoms with Crippen molar-refractivity contribution in [1.82, 2.24) is 10.3 Å². The lowest BCUT2D eigenvalue weighted by molar-refractivity contribution is -0.120. The lowest BCUT2D eigenvalue weighted by Crippen LogP contribution is -2.38. The van der Waals surface area contributed by atoms with Crippen LogP contribution in [0.4, 0.5) is 16.2 Å². The Bertz CT molecular complexity index is 1010. The van der Waals surface area contributed by atoms with Crippen LogP contribution in [0.15, 0.2) is 65.1 Å². The van der Waals surface area contributed by atoms with Crippen molar-refractivity contribution < 1.29 is 9.59 Å². The van der Waals surface area contributed by atoms with Gasteiger partial charge in [-0.15, -0.1) is 23.1 Å². The highest BCUT2D eigenvalue weighted by atomic mass is 32.2. The van der Waals surface area contributed by atoms with E-state index in [9.17, 15) is 9.59 Å². The first-order valence-electron chi connectivity index (χ1n) is 9.73. The molecule has 0 aliphatic carbocycles. The Morgan fingerprint density at radius 2 is 1.97 bits per heavy atom. The third-order valence-corrected chi connectivity index (χ3v) is 6.60. The maximum Gasteiger partial charge on any atom is 0.326 e. The molecule has 2 N–H and O–H groups in total. The molecule has 0 bridgehead atoms. The third-order valence-electron chi connectivity index (χ3n) is 4.68. The molecule has 1 aromatic carbocycles. The lowest BCUT2D eigenvalue weighted by atomic mass is 10.1. The average molecular weight is 439 g/mol. The number of aromatic nitrogens is 1. The van der Waals surface area contributed by atoms with Gasteiger partial charge in [-0.1, -0.05) is 18.2 Å². The lowest BCUT2D eigenvalue weighted by Gasteiger charge is -2.28. The fraction of sp³-hybridized carbons (Fsp3) is 0.227. The van der Waals surface area contributed by atoms with Crippen LogP contribution in [0.5, 0.6) is 0 Å². The van der Waals surface area contributed by atoms with E-state index < -0.39 is 0 Å². The molecule has 2 aromatic heterocycles. The van der Waals surface area contributed by atoms with Gasteiger partial charge < -0.3 is 10.6 Å². The van der Waals surface area contributed by atoms with Crippen molar-refractivity contribution in [2.75, 3.05) is 29.1 Å². The fourth-order valence-corrected chi connectivity index (χ4v) is 4.83. The van der Waals surface area contributed by atoms with E-state index in [-0.39, 0.29) is 11.9 Å². The number of hydrogen-bond donors (Lipinski definition) is 2. The normalized spacial score (nSPS) is 12.9. The predicted octanol–water partition coefficient (Wildman–Crippen LogP) is 4.19. The topological polar surface area (TPSA) is 74.3 Å². The Labute approximate surface area is 183 Å². The molecule has 0 radical (unpaired) electrons. The summed E-state index contributed by atoms with van der Waals surface area (Å²) in [5.41, 5.74) is 2.44. The standard InChI is InChI=1S/C22H22N4O2S2/c27-20(23-11-9-18-3-2-13-29-18)15-16-5-7-17(8-6-16)25-22(28)26-12-14-30-21-19(26)4-1-10-24-21/h1-8,10,13H,9,11-12,14-15H2,(H,23,27)(H,25,28). The minimum absolute atomic E-state index is 0.00161. The van der Waals surface area contributed by atoms with Crippen LogP contribution in [0.25, 0.3) is 0 Å². The maximum atomic E-state index is 12.7. The van der Waals surface area contributed by atoms with Gasteiger partial charge in [0.05, 0.1) is 12.1 Å². The molecular weight excluding hydrogens is 416 g/mol. The largest absolute Gasteiger partial charge is 0.355 e. The second-order valence-corrected chi connectivity index (χ2v) is 8.93. The number of pyridine rings is 1. The van der Waals surface area contributed by atoms with Crippen molar-refractivity contribution in [1.29, 1.82) is 0 Å². The van der Waals surface area contributed by atoms with Crippen LogP contribution in [0.3, 0.4) is 0 Å². The monoisotopic (exact) mass is 438 g/mol. The van der Waals surface area contributed by atoms with Gasteiger partial charge in [-0.2, -0.15) is 0 Å². The molecule has 3 amide bonds. The number of fused-ring (bicyclic) bond motifs is 1. The third kappa shape index (κ3) is 5.20. The zero-order valence-corrected chi connectivity index (χ0v) is 18.0. The van der Waals surface area contributed by atoms with E-state index in [1.807, 2.05) is 47.8 Å². The summed E-state index contributed by atoms with van der Waals surface area (Å²) in [6, 6.07) is 15.1. The second kappa shape index (κ2) is 9.77. The van der Waals surface area contributed by atoms with Gasteiger partial charge in [0.15, 0.2) is 0 Å². The van der Waals surface area contributed by atoms with Crippen LogP contribution in [0.1, 0.15) is 10.4 Å². The molecule has 8 heteroatoms. The van der Waals surface area contributed by atoms with Gasteiger partial charge >= 0.3 is 6.03 Å². The Morgan fingerprint density at radius 1 is 1.10 bits per heavy atom. The van der Waals surface area contributed by atoms with Crippen LogP contribution in [0.2, 0.25) is 0 Å². The van der Waals surface area contributed by atoms with Crippen LogP contribution >= 0.6 is 23.1 Å². The average Bonchev–Trinajstić information content (AvgIpc) is 3.28. The van der Waals surface area contributed by atoms with Crippen molar-refractivity contribution in [2.24, 2.45) is 0 Å². The summed E-state index contributed by atoms with van der Waals surface area (Å²) in [5, 5.41) is 8.80. The van der Waals surface area contributed by atoms with Crippen LogP contribution in [0, 0.1) is 0 Å². The minimum atomic E-state index is -0.177. The van der Waals surface area contributed by atoms with Gasteiger partial charge in [0.2, 0.25) is 5.91 Å². The number of hydrogen-bond acceptors (Lipinski definition) is 5. The Morgan fingerprint density at radius 3 is 2.77 bits per heavy atom. The Balaban J connectivity index is 1.28. The highest BCUT2D eigenvalue weighted by Crippen LogP contribution is 2.32. The second-order valence-electron chi connectivity index (χ2n) is 6.81. The van der Waals surface area contributed by atoms with Gasteiger partial charge in [-0.25, -0.2) is 9.78 Å². The minimum Gasteiger partial charge on any atom is -0.355 e. The SMILES string of the molecule is O=C(Cc1ccc(NC(=O)N2CCSc3ncccc32)cc1)NCCc1cccs1. The van der Waals surface area contributed by atoms with Gasteiger partial charge in [0.1, 0.15) is 5.03 Å². The summed E-state index contributed by atoms with van der Waals surface area (Å²) in [5.74, 6) is 0.816. The first kappa shape index (κ1) is 20.4. The number of carbonyl (C=O) groups is 2. The highest BCUT2D eigenvalue weighted by Gasteiger charge is 2.23. The van der Waals surface area contributed by atoms with Crippen LogP contribution in [-0.4, -0.2) is 35.8 Å². The number of thiophene rings is 1. The number of urea groups is 1. The van der Waals surface area contributed by atoms with Crippen molar-refractivity contribution in [2.45, 2.75) is 17.9 Å². The molecule has 1 aliphatic rings. The van der Waals surface area contributed by atoms with E-state index in [1.54, 1.807) is 34.2 Å². The molecule has 0 atom stereocenters. The van der Waals surface area contributed by atoms with Crippen molar-refractivity contribution in [3.63, 3.8) is 0 Å². The van der Waals surface area contributed by atoms with Crippen LogP contribution in [-0.2, 0) is 17.6 Å². The van der Waals surface area contributed by atoms with Gasteiger partial charge in [-0.05, 0) is 47.7 Å². The zero-order valence-electron chi connectivity index (χ0n) is 16.3. The van der Waals surface area contributed by atoms with E-state index in [4.69, 9.17) is 0 Å². The van der Waals surface area contributed by atoms with E-state index >= 15 is 0 Å². The molecule has 0 spiro atoms. The Hall–Kier alpha value is -2.84. The smallest absolute Gasteiger partial charge is 0.326 e. The number of nitrogens with zero attached hydrogens (tertiary/aromatic N) is 2. The molecule has 1 aliphatic heterocycles. The zero-order chi connectivity index (χ0) is 20.8. The first-order valence-corrected chi connectivity index (χ1v) is 11.6. The van der Waals surface area contributed by atoms with E-state index in [0.717, 1.165) is 28.5 Å². The fourth-order valence-electron chi connectivity index (χ4n) is 3.19. The number of anilines is 2. The molecule has 0 unspecified atom stereocenters. The predicted molar refractivity (Wildman–Crippen MR) is 123 cm³/mol. The van der Waals surface area contributed by atoms with E-state index in [2.05, 4.69) is 21.7 Å². The summed E-state index contributed by atoms with van der Waals surface area (Å²) in [6.07, 6.45) is 2.91. The molecular formula is C22H22N4O2S2. The number of rotatable bonds is 6. The molecule has 3 aromatic rings. The summed E-state index contributed by atoms with van der Waals surface area (Å²) >= 11 is 3.36. The quantitative estimate of drug-likeness (QED) is 0.605. The molecule has 6 nitrogen and oxygen atoms in total. The number of benzene rings is 1. The summed E-state index contributed by atoms with van der Waals surface area (Å²) in [6.45, 7) is 1.27. The van der Waals surface area contributed by atoms with Crippen molar-refractivity contribution in [3.05, 3.63) is 70.5 Å². The number of carbonyl (C=O) groups excluding carboxylic acids is 2. The van der Waals surface area contributed by atoms with Crippen molar-refractivity contribution >= 4 is 46.4 Å². The molecule has 30 heavy (non-hydrogen) atoms.